The Morgan fingerprint density at radius 3 is 0.448 bits per heavy atom. The lowest BCUT2D eigenvalue weighted by Crippen LogP contribution is -1.95. The van der Waals surface area contributed by atoms with Crippen LogP contribution in [0, 0.1) is 34.9 Å². The Balaban J connectivity index is 0.000000187. The number of hydrogen-bond acceptors (Lipinski definition) is 0. The molecular weight excluding hydrogens is 1090 g/mol. The fourth-order valence-electron chi connectivity index (χ4n) is 11.0. The summed E-state index contributed by atoms with van der Waals surface area (Å²) in [4.78, 5) is 0. The average Bonchev–Trinajstić information content (AvgIpc) is 3.06. The summed E-state index contributed by atoms with van der Waals surface area (Å²) in [5.74, 6) is -4.69. The van der Waals surface area contributed by atoms with E-state index in [4.69, 9.17) is 0 Å². The standard InChI is InChI=1S/C28H32F2.C27H30F2.C26H28F2/c1-3-5-7-9-21-11-15-23(16-12-21)25-19-20-26(28(30)27(25)29)24-17-13-22(14-18-24)10-8-6-4-2;1-3-5-7-9-21-12-16-23(17-13-21)25-19-18-24(26(28)27(25)29)22-14-10-20(11-15-22)8-6-4-2;1-3-5-7-19-9-13-21(14-10-19)23-17-18-24(26(28)25(23)27)22-15-11-20(12-16-22)8-6-4-2/h11-20H,3-10H2,1-2H3;10-19H,3-9H2,1-2H3;9-18H,3-8H2,1-2H3. The third-order valence-electron chi connectivity index (χ3n) is 16.5. The van der Waals surface area contributed by atoms with Crippen LogP contribution in [0.2, 0.25) is 0 Å². The Kier molecular flexibility index (Phi) is 27.3. The average molecular weight is 1180 g/mol. The summed E-state index contributed by atoms with van der Waals surface area (Å²) >= 11 is 0. The number of unbranched alkanes of at least 4 members (excludes halogenated alkanes) is 9. The predicted molar refractivity (Wildman–Crippen MR) is 357 cm³/mol. The first kappa shape index (κ1) is 67.1. The number of halogens is 6. The molecular formula is C81H90F6. The topological polar surface area (TPSA) is 0 Å². The van der Waals surface area contributed by atoms with E-state index in [1.165, 1.54) is 71.9 Å². The van der Waals surface area contributed by atoms with Gasteiger partial charge in [-0.15, -0.1) is 0 Å². The molecule has 9 aromatic carbocycles. The van der Waals surface area contributed by atoms with Crippen LogP contribution in [-0.4, -0.2) is 0 Å². The van der Waals surface area contributed by atoms with Crippen LogP contribution in [-0.2, 0) is 38.5 Å². The molecule has 0 nitrogen and oxygen atoms in total. The van der Waals surface area contributed by atoms with E-state index in [0.717, 1.165) is 96.3 Å². The van der Waals surface area contributed by atoms with Crippen LogP contribution in [0.4, 0.5) is 26.3 Å². The van der Waals surface area contributed by atoms with Gasteiger partial charge in [0.05, 0.1) is 0 Å². The second-order valence-electron chi connectivity index (χ2n) is 23.2. The molecule has 9 aromatic rings. The van der Waals surface area contributed by atoms with E-state index in [-0.39, 0.29) is 0 Å². The molecule has 0 N–H and O–H groups in total. The molecule has 0 saturated heterocycles. The summed E-state index contributed by atoms with van der Waals surface area (Å²) in [5, 5.41) is 0. The van der Waals surface area contributed by atoms with E-state index >= 15 is 0 Å². The van der Waals surface area contributed by atoms with Gasteiger partial charge in [-0.2, -0.15) is 0 Å². The summed E-state index contributed by atoms with van der Waals surface area (Å²) < 4.78 is 89.1. The Morgan fingerprint density at radius 2 is 0.310 bits per heavy atom. The highest BCUT2D eigenvalue weighted by Crippen LogP contribution is 2.36. The van der Waals surface area contributed by atoms with Crippen molar-refractivity contribution in [1.82, 2.24) is 0 Å². The Bertz CT molecular complexity index is 3310. The molecule has 0 aliphatic rings. The first-order valence-corrected chi connectivity index (χ1v) is 32.4. The zero-order valence-electron chi connectivity index (χ0n) is 52.4. The van der Waals surface area contributed by atoms with Gasteiger partial charge in [-0.05, 0) is 144 Å². The molecule has 0 spiro atoms. The van der Waals surface area contributed by atoms with E-state index in [1.807, 2.05) is 146 Å². The molecule has 0 saturated carbocycles. The fourth-order valence-corrected chi connectivity index (χ4v) is 11.0. The van der Waals surface area contributed by atoms with Gasteiger partial charge in [0.1, 0.15) is 0 Å². The number of hydrogen-bond donors (Lipinski definition) is 0. The van der Waals surface area contributed by atoms with Gasteiger partial charge in [0.2, 0.25) is 0 Å². The van der Waals surface area contributed by atoms with Crippen molar-refractivity contribution in [3.63, 3.8) is 0 Å². The molecule has 0 bridgehead atoms. The van der Waals surface area contributed by atoms with Gasteiger partial charge in [0, 0.05) is 33.4 Å². The van der Waals surface area contributed by atoms with Crippen molar-refractivity contribution >= 4 is 0 Å². The minimum absolute atomic E-state index is 0.308. The molecule has 9 rings (SSSR count). The van der Waals surface area contributed by atoms with Crippen molar-refractivity contribution in [2.75, 3.05) is 0 Å². The predicted octanol–water partition coefficient (Wildman–Crippen LogP) is 25.1. The molecule has 0 fully saturated rings. The Morgan fingerprint density at radius 1 is 0.172 bits per heavy atom. The number of benzene rings is 9. The Labute approximate surface area is 517 Å². The lowest BCUT2D eigenvalue weighted by atomic mass is 9.96. The van der Waals surface area contributed by atoms with Crippen LogP contribution in [0.1, 0.15) is 171 Å². The van der Waals surface area contributed by atoms with E-state index < -0.39 is 34.9 Å². The molecule has 0 unspecified atom stereocenters. The highest BCUT2D eigenvalue weighted by molar-refractivity contribution is 5.75. The van der Waals surface area contributed by atoms with E-state index in [9.17, 15) is 26.3 Å². The largest absolute Gasteiger partial charge is 0.203 e. The van der Waals surface area contributed by atoms with Crippen LogP contribution in [0.3, 0.4) is 0 Å². The zero-order chi connectivity index (χ0) is 61.9. The normalized spacial score (nSPS) is 11.0. The van der Waals surface area contributed by atoms with Gasteiger partial charge in [0.25, 0.3) is 0 Å². The van der Waals surface area contributed by atoms with Crippen molar-refractivity contribution in [2.24, 2.45) is 0 Å². The van der Waals surface area contributed by atoms with Crippen LogP contribution in [0.15, 0.2) is 182 Å². The highest BCUT2D eigenvalue weighted by atomic mass is 19.2. The quantitative estimate of drug-likeness (QED) is 0.0356. The van der Waals surface area contributed by atoms with Crippen molar-refractivity contribution in [1.29, 1.82) is 0 Å². The van der Waals surface area contributed by atoms with Crippen molar-refractivity contribution in [3.05, 3.63) is 250 Å². The fraction of sp³-hybridized carbons (Fsp3) is 0.333. The van der Waals surface area contributed by atoms with Gasteiger partial charge >= 0.3 is 0 Å². The monoisotopic (exact) mass is 1180 g/mol. The summed E-state index contributed by atoms with van der Waals surface area (Å²) in [5.41, 5.74) is 13.5. The first-order valence-electron chi connectivity index (χ1n) is 32.4. The van der Waals surface area contributed by atoms with Crippen LogP contribution in [0.5, 0.6) is 0 Å². The summed E-state index contributed by atoms with van der Waals surface area (Å²) in [6.07, 6.45) is 23.6. The summed E-state index contributed by atoms with van der Waals surface area (Å²) in [6.45, 7) is 13.0. The van der Waals surface area contributed by atoms with Crippen LogP contribution in [0.25, 0.3) is 66.8 Å². The second-order valence-corrected chi connectivity index (χ2v) is 23.2. The maximum atomic E-state index is 14.9. The molecule has 0 radical (unpaired) electrons. The third kappa shape index (κ3) is 19.3. The smallest absolute Gasteiger partial charge is 0.167 e. The zero-order valence-corrected chi connectivity index (χ0v) is 52.4. The van der Waals surface area contributed by atoms with Crippen LogP contribution >= 0.6 is 0 Å². The second kappa shape index (κ2) is 35.4. The lowest BCUT2D eigenvalue weighted by Gasteiger charge is -2.11. The lowest BCUT2D eigenvalue weighted by molar-refractivity contribution is 0.514. The SMILES string of the molecule is CCCCCc1ccc(-c2ccc(-c3ccc(CCCC)cc3)c(F)c2F)cc1.CCCCCc1ccc(-c2ccc(-c3ccc(CCCCC)cc3)c(F)c2F)cc1.CCCCc1ccc(-c2ccc(-c3ccc(CCCC)cc3)c(F)c2F)cc1. The minimum atomic E-state index is -0.783. The molecule has 0 atom stereocenters. The van der Waals surface area contributed by atoms with E-state index in [1.54, 1.807) is 36.4 Å². The molecule has 87 heavy (non-hydrogen) atoms. The van der Waals surface area contributed by atoms with E-state index in [0.29, 0.717) is 66.8 Å². The molecule has 456 valence electrons. The molecule has 0 heterocycles. The summed E-state index contributed by atoms with van der Waals surface area (Å²) in [6, 6.07) is 56.9. The number of aryl methyl sites for hydroxylation is 6. The minimum Gasteiger partial charge on any atom is -0.203 e. The van der Waals surface area contributed by atoms with Gasteiger partial charge < -0.3 is 0 Å². The maximum absolute atomic E-state index is 14.9. The Hall–Kier alpha value is -7.44. The van der Waals surface area contributed by atoms with Gasteiger partial charge in [-0.3, -0.25) is 0 Å². The molecule has 0 aliphatic carbocycles. The molecule has 0 amide bonds. The highest BCUT2D eigenvalue weighted by Gasteiger charge is 2.19. The van der Waals surface area contributed by atoms with Gasteiger partial charge in [-0.1, -0.05) is 281 Å². The van der Waals surface area contributed by atoms with E-state index in [2.05, 4.69) is 41.5 Å². The van der Waals surface area contributed by atoms with Crippen molar-refractivity contribution in [3.8, 4) is 66.8 Å². The maximum Gasteiger partial charge on any atom is 0.167 e. The van der Waals surface area contributed by atoms with Crippen LogP contribution < -0.4 is 0 Å². The first-order chi connectivity index (χ1) is 42.4. The van der Waals surface area contributed by atoms with Gasteiger partial charge in [0.15, 0.2) is 34.9 Å². The van der Waals surface area contributed by atoms with Crippen molar-refractivity contribution < 1.29 is 26.3 Å². The number of rotatable bonds is 27. The summed E-state index contributed by atoms with van der Waals surface area (Å²) in [7, 11) is 0. The molecule has 0 aromatic heterocycles. The molecule has 0 aliphatic heterocycles. The molecule has 6 heteroatoms. The third-order valence-corrected chi connectivity index (χ3v) is 16.5. The van der Waals surface area contributed by atoms with Gasteiger partial charge in [-0.25, -0.2) is 26.3 Å². The van der Waals surface area contributed by atoms with Crippen molar-refractivity contribution in [2.45, 2.75) is 176 Å².